The van der Waals surface area contributed by atoms with E-state index in [0.29, 0.717) is 0 Å². The normalized spacial score (nSPS) is 15.5. The Hall–Kier alpha value is -0.290. The molecule has 0 heterocycles. The lowest BCUT2D eigenvalue weighted by molar-refractivity contribution is -0.908. The van der Waals surface area contributed by atoms with Crippen molar-refractivity contribution in [2.75, 3.05) is 66.5 Å². The van der Waals surface area contributed by atoms with Crippen molar-refractivity contribution in [3.63, 3.8) is 0 Å². The molecule has 0 amide bonds. The van der Waals surface area contributed by atoms with E-state index in [4.69, 9.17) is 29.0 Å². The van der Waals surface area contributed by atoms with Crippen LogP contribution in [0.4, 0.5) is 0 Å². The molecule has 0 aliphatic rings. The fourth-order valence-corrected chi connectivity index (χ4v) is 2.88. The number of hydrogen-bond acceptors (Lipinski definition) is 6. The summed E-state index contributed by atoms with van der Waals surface area (Å²) in [6, 6.07) is 0. The van der Waals surface area contributed by atoms with Crippen molar-refractivity contribution in [2.45, 2.75) is 53.4 Å². The molecule has 27 heavy (non-hydrogen) atoms. The zero-order valence-corrected chi connectivity index (χ0v) is 19.4. The molecule has 0 aromatic carbocycles. The maximum absolute atomic E-state index is 8.52. The lowest BCUT2D eigenvalue weighted by Crippen LogP contribution is -2.45. The first-order valence-electron chi connectivity index (χ1n) is 10.1. The van der Waals surface area contributed by atoms with Gasteiger partial charge in [-0.2, -0.15) is 0 Å². The molecule has 8 nitrogen and oxygen atoms in total. The van der Waals surface area contributed by atoms with Crippen molar-refractivity contribution in [1.82, 2.24) is 0 Å². The summed E-state index contributed by atoms with van der Waals surface area (Å²) in [5.41, 5.74) is 11.0. The van der Waals surface area contributed by atoms with Gasteiger partial charge in [0.05, 0.1) is 53.4 Å². The molecule has 0 rings (SSSR count). The third-order valence-corrected chi connectivity index (χ3v) is 4.86. The van der Waals surface area contributed by atoms with Gasteiger partial charge in [0.2, 0.25) is 0 Å². The predicted molar refractivity (Wildman–Crippen MR) is 111 cm³/mol. The molecule has 0 aromatic rings. The minimum Gasteiger partial charge on any atom is -0.759 e. The molecule has 0 saturated heterocycles. The molecular formula is C18H46N4O4S. The summed E-state index contributed by atoms with van der Waals surface area (Å²) in [5.74, 6) is 0. The quantitative estimate of drug-likeness (QED) is 0.279. The van der Waals surface area contributed by atoms with Crippen LogP contribution in [-0.4, -0.2) is 92.9 Å². The highest BCUT2D eigenvalue weighted by atomic mass is 32.3. The van der Waals surface area contributed by atoms with Gasteiger partial charge in [-0.1, -0.05) is 13.8 Å². The predicted octanol–water partition coefficient (Wildman–Crippen LogP) is 1.09. The standard InChI is InChI=1S/2C9H23N2.H2O4S/c2*1-4-8-11(3,5-2)9-6-7-10;1-5(2,3)4/h2*4-10H2,1-3H3;(H2,1,2,3,4)/q2*+1;/p-2. The first kappa shape index (κ1) is 31.4. The van der Waals surface area contributed by atoms with Gasteiger partial charge in [-0.05, 0) is 39.8 Å². The van der Waals surface area contributed by atoms with Crippen molar-refractivity contribution in [2.24, 2.45) is 11.5 Å². The summed E-state index contributed by atoms with van der Waals surface area (Å²) in [6.45, 7) is 18.2. The van der Waals surface area contributed by atoms with Crippen molar-refractivity contribution in [3.05, 3.63) is 0 Å². The van der Waals surface area contributed by atoms with Crippen LogP contribution in [-0.2, 0) is 10.4 Å². The Kier molecular flexibility index (Phi) is 20.7. The maximum Gasteiger partial charge on any atom is 0.0796 e. The van der Waals surface area contributed by atoms with Crippen LogP contribution in [0.15, 0.2) is 0 Å². The van der Waals surface area contributed by atoms with Gasteiger partial charge in [-0.15, -0.1) is 0 Å². The Bertz CT molecular complexity index is 392. The van der Waals surface area contributed by atoms with Crippen molar-refractivity contribution in [1.29, 1.82) is 0 Å². The molecule has 0 saturated carbocycles. The minimum absolute atomic E-state index is 0.831. The maximum atomic E-state index is 8.52. The van der Waals surface area contributed by atoms with Crippen LogP contribution in [0.5, 0.6) is 0 Å². The van der Waals surface area contributed by atoms with Crippen LogP contribution >= 0.6 is 0 Å². The summed E-state index contributed by atoms with van der Waals surface area (Å²) in [4.78, 5) is 0. The van der Waals surface area contributed by atoms with E-state index >= 15 is 0 Å². The van der Waals surface area contributed by atoms with Gasteiger partial charge in [-0.3, -0.25) is 8.42 Å². The number of quaternary nitrogens is 2. The Morgan fingerprint density at radius 1 is 0.704 bits per heavy atom. The number of nitrogens with zero attached hydrogens (tertiary/aromatic N) is 2. The second kappa shape index (κ2) is 17.8. The Balaban J connectivity index is -0.000000344. The Labute approximate surface area is 168 Å². The van der Waals surface area contributed by atoms with Gasteiger partial charge in [0.1, 0.15) is 0 Å². The topological polar surface area (TPSA) is 132 Å². The molecule has 0 bridgehead atoms. The lowest BCUT2D eigenvalue weighted by atomic mass is 10.3. The molecule has 0 aromatic heterocycles. The van der Waals surface area contributed by atoms with Crippen LogP contribution in [0.2, 0.25) is 0 Å². The zero-order valence-electron chi connectivity index (χ0n) is 18.6. The average molecular weight is 415 g/mol. The van der Waals surface area contributed by atoms with Crippen molar-refractivity contribution >= 4 is 10.4 Å². The molecule has 9 heteroatoms. The molecule has 0 aliphatic carbocycles. The van der Waals surface area contributed by atoms with E-state index in [1.54, 1.807) is 0 Å². The first-order valence-corrected chi connectivity index (χ1v) is 11.4. The fourth-order valence-electron chi connectivity index (χ4n) is 2.88. The molecule has 0 aliphatic heterocycles. The van der Waals surface area contributed by atoms with Gasteiger partial charge >= 0.3 is 0 Å². The lowest BCUT2D eigenvalue weighted by Gasteiger charge is -2.33. The molecule has 0 spiro atoms. The Morgan fingerprint density at radius 2 is 0.963 bits per heavy atom. The molecule has 4 N–H and O–H groups in total. The van der Waals surface area contributed by atoms with E-state index < -0.39 is 10.4 Å². The van der Waals surface area contributed by atoms with E-state index in [1.165, 1.54) is 61.1 Å². The third-order valence-electron chi connectivity index (χ3n) is 4.86. The summed E-state index contributed by atoms with van der Waals surface area (Å²) in [6.07, 6.45) is 4.86. The first-order chi connectivity index (χ1) is 12.4. The molecule has 2 unspecified atom stereocenters. The van der Waals surface area contributed by atoms with Gasteiger partial charge < -0.3 is 29.5 Å². The van der Waals surface area contributed by atoms with Crippen LogP contribution in [0, 0.1) is 0 Å². The zero-order chi connectivity index (χ0) is 22.0. The molecule has 0 radical (unpaired) electrons. The fraction of sp³-hybridized carbons (Fsp3) is 1.00. The second-order valence-electron chi connectivity index (χ2n) is 7.46. The highest BCUT2D eigenvalue weighted by molar-refractivity contribution is 7.79. The van der Waals surface area contributed by atoms with Gasteiger partial charge in [-0.25, -0.2) is 0 Å². The van der Waals surface area contributed by atoms with E-state index in [-0.39, 0.29) is 0 Å². The summed E-state index contributed by atoms with van der Waals surface area (Å²) < 4.78 is 36.5. The molecule has 2 atom stereocenters. The summed E-state index contributed by atoms with van der Waals surface area (Å²) >= 11 is 0. The third kappa shape index (κ3) is 25.7. The smallest absolute Gasteiger partial charge is 0.0796 e. The molecule has 168 valence electrons. The van der Waals surface area contributed by atoms with Crippen LogP contribution in [0.25, 0.3) is 0 Å². The number of nitrogens with two attached hydrogens (primary N) is 2. The van der Waals surface area contributed by atoms with E-state index in [9.17, 15) is 0 Å². The number of rotatable bonds is 12. The van der Waals surface area contributed by atoms with Crippen LogP contribution in [0.1, 0.15) is 53.4 Å². The Morgan fingerprint density at radius 3 is 1.11 bits per heavy atom. The van der Waals surface area contributed by atoms with Crippen LogP contribution < -0.4 is 11.5 Å². The van der Waals surface area contributed by atoms with E-state index in [1.807, 2.05) is 0 Å². The summed E-state index contributed by atoms with van der Waals surface area (Å²) in [7, 11) is -0.529. The minimum atomic E-state index is -5.17. The van der Waals surface area contributed by atoms with Gasteiger partial charge in [0.15, 0.2) is 0 Å². The molecule has 0 fully saturated rings. The highest BCUT2D eigenvalue weighted by Crippen LogP contribution is 2.04. The highest BCUT2D eigenvalue weighted by Gasteiger charge is 2.16. The van der Waals surface area contributed by atoms with Crippen molar-refractivity contribution in [3.8, 4) is 0 Å². The van der Waals surface area contributed by atoms with Gasteiger partial charge in [0, 0.05) is 23.2 Å². The van der Waals surface area contributed by atoms with Gasteiger partial charge in [0.25, 0.3) is 0 Å². The average Bonchev–Trinajstić information content (AvgIpc) is 2.58. The number of hydrogen-bond donors (Lipinski definition) is 2. The summed E-state index contributed by atoms with van der Waals surface area (Å²) in [5, 5.41) is 0. The largest absolute Gasteiger partial charge is 0.759 e. The SMILES string of the molecule is CCC[N+](C)(CC)CCCN.CCC[N+](C)(CC)CCCN.O=S(=O)([O-])[O-]. The van der Waals surface area contributed by atoms with E-state index in [2.05, 4.69) is 41.8 Å². The monoisotopic (exact) mass is 414 g/mol. The van der Waals surface area contributed by atoms with Crippen molar-refractivity contribution < 1.29 is 26.5 Å². The molecular weight excluding hydrogens is 368 g/mol. The second-order valence-corrected chi connectivity index (χ2v) is 8.28. The van der Waals surface area contributed by atoms with Crippen LogP contribution in [0.3, 0.4) is 0 Å². The van der Waals surface area contributed by atoms with E-state index in [0.717, 1.165) is 25.9 Å².